The topological polar surface area (TPSA) is 88.2 Å². The first-order valence-electron chi connectivity index (χ1n) is 9.44. The largest absolute Gasteiger partial charge is 0.325 e. The molecule has 7 heteroatoms. The number of aromatic nitrogens is 1. The monoisotopic (exact) mass is 389 g/mol. The van der Waals surface area contributed by atoms with E-state index in [0.29, 0.717) is 25.7 Å². The number of fused-ring (bicyclic) bond motifs is 1. The minimum atomic E-state index is -3.27. The maximum Gasteiger partial charge on any atom is 0.227 e. The predicted octanol–water partition coefficient (Wildman–Crippen LogP) is 3.37. The van der Waals surface area contributed by atoms with Crippen LogP contribution < -0.4 is 10.0 Å². The lowest BCUT2D eigenvalue weighted by Crippen LogP contribution is -2.42. The van der Waals surface area contributed by atoms with E-state index >= 15 is 0 Å². The number of sulfonamides is 1. The second-order valence-electron chi connectivity index (χ2n) is 7.58. The van der Waals surface area contributed by atoms with E-state index in [9.17, 15) is 13.2 Å². The van der Waals surface area contributed by atoms with E-state index in [1.165, 1.54) is 0 Å². The standard InChI is InChI=1S/C20H27N3O3S/c1-13(2)27(25,26)23-16-10-8-15(9-11-16)20(24)22-19-12-14(3)21-18-7-5-4-6-17(18)19/h4-7,12-13,15-16,23H,8-11H2,1-3H3,(H,21,22,24). The fourth-order valence-electron chi connectivity index (χ4n) is 3.49. The van der Waals surface area contributed by atoms with Crippen molar-refractivity contribution in [2.24, 2.45) is 5.92 Å². The lowest BCUT2D eigenvalue weighted by molar-refractivity contribution is -0.120. The van der Waals surface area contributed by atoms with E-state index in [1.807, 2.05) is 37.3 Å². The highest BCUT2D eigenvalue weighted by molar-refractivity contribution is 7.90. The molecular formula is C20H27N3O3S. The lowest BCUT2D eigenvalue weighted by atomic mass is 9.86. The Labute approximate surface area is 160 Å². The molecule has 1 heterocycles. The van der Waals surface area contributed by atoms with Gasteiger partial charge >= 0.3 is 0 Å². The van der Waals surface area contributed by atoms with E-state index in [0.717, 1.165) is 22.3 Å². The van der Waals surface area contributed by atoms with Gasteiger partial charge < -0.3 is 5.32 Å². The van der Waals surface area contributed by atoms with Gasteiger partial charge in [0.25, 0.3) is 0 Å². The van der Waals surface area contributed by atoms with Crippen molar-refractivity contribution >= 4 is 32.5 Å². The molecule has 0 atom stereocenters. The van der Waals surface area contributed by atoms with Crippen LogP contribution in [-0.4, -0.2) is 30.6 Å². The Bertz CT molecular complexity index is 933. The highest BCUT2D eigenvalue weighted by Crippen LogP contribution is 2.28. The molecule has 1 amide bonds. The molecule has 0 saturated heterocycles. The van der Waals surface area contributed by atoms with Crippen LogP contribution in [0.3, 0.4) is 0 Å². The fourth-order valence-corrected chi connectivity index (χ4v) is 4.46. The number of anilines is 1. The third-order valence-corrected chi connectivity index (χ3v) is 7.05. The van der Waals surface area contributed by atoms with Crippen molar-refractivity contribution in [2.45, 2.75) is 57.7 Å². The van der Waals surface area contributed by atoms with Crippen LogP contribution in [0.2, 0.25) is 0 Å². The minimum absolute atomic E-state index is 0.00378. The summed E-state index contributed by atoms with van der Waals surface area (Å²) >= 11 is 0. The molecule has 0 bridgehead atoms. The number of hydrogen-bond acceptors (Lipinski definition) is 4. The van der Waals surface area contributed by atoms with Crippen LogP contribution in [0.5, 0.6) is 0 Å². The van der Waals surface area contributed by atoms with Gasteiger partial charge in [-0.15, -0.1) is 0 Å². The van der Waals surface area contributed by atoms with Crippen LogP contribution in [0.1, 0.15) is 45.2 Å². The smallest absolute Gasteiger partial charge is 0.227 e. The first-order chi connectivity index (χ1) is 12.8. The van der Waals surface area contributed by atoms with E-state index < -0.39 is 15.3 Å². The van der Waals surface area contributed by atoms with Gasteiger partial charge in [-0.1, -0.05) is 18.2 Å². The Morgan fingerprint density at radius 1 is 1.15 bits per heavy atom. The van der Waals surface area contributed by atoms with Gasteiger partial charge in [-0.2, -0.15) is 0 Å². The number of nitrogens with one attached hydrogen (secondary N) is 2. The Balaban J connectivity index is 1.64. The van der Waals surface area contributed by atoms with Gasteiger partial charge in [0.15, 0.2) is 0 Å². The zero-order valence-electron chi connectivity index (χ0n) is 16.0. The maximum absolute atomic E-state index is 12.8. The summed E-state index contributed by atoms with van der Waals surface area (Å²) in [5.41, 5.74) is 2.50. The molecule has 27 heavy (non-hydrogen) atoms. The molecule has 0 spiro atoms. The number of carbonyl (C=O) groups is 1. The first kappa shape index (κ1) is 19.8. The predicted molar refractivity (Wildman–Crippen MR) is 108 cm³/mol. The number of nitrogens with zero attached hydrogens (tertiary/aromatic N) is 1. The number of hydrogen-bond donors (Lipinski definition) is 2. The molecule has 2 aromatic rings. The number of benzene rings is 1. The van der Waals surface area contributed by atoms with E-state index in [4.69, 9.17) is 0 Å². The summed E-state index contributed by atoms with van der Waals surface area (Å²) in [5, 5.41) is 3.54. The Kier molecular flexibility index (Phi) is 5.81. The van der Waals surface area contributed by atoms with Crippen LogP contribution in [0.15, 0.2) is 30.3 Å². The first-order valence-corrected chi connectivity index (χ1v) is 11.0. The Morgan fingerprint density at radius 2 is 1.81 bits per heavy atom. The van der Waals surface area contributed by atoms with Crippen molar-refractivity contribution in [3.63, 3.8) is 0 Å². The van der Waals surface area contributed by atoms with E-state index in [2.05, 4.69) is 15.0 Å². The summed E-state index contributed by atoms with van der Waals surface area (Å²) in [6.07, 6.45) is 2.72. The van der Waals surface area contributed by atoms with Crippen molar-refractivity contribution in [1.29, 1.82) is 0 Å². The molecule has 2 N–H and O–H groups in total. The molecule has 0 aliphatic heterocycles. The number of aryl methyl sites for hydroxylation is 1. The zero-order chi connectivity index (χ0) is 19.6. The molecule has 0 radical (unpaired) electrons. The normalized spacial score (nSPS) is 20.7. The average molecular weight is 390 g/mol. The van der Waals surface area contributed by atoms with Crippen molar-refractivity contribution in [1.82, 2.24) is 9.71 Å². The summed E-state index contributed by atoms with van der Waals surface area (Å²) in [4.78, 5) is 17.3. The summed E-state index contributed by atoms with van der Waals surface area (Å²) in [7, 11) is -3.27. The van der Waals surface area contributed by atoms with Gasteiger partial charge in [0.1, 0.15) is 0 Å². The molecule has 1 aliphatic carbocycles. The fraction of sp³-hybridized carbons (Fsp3) is 0.500. The molecule has 6 nitrogen and oxygen atoms in total. The molecule has 0 unspecified atom stereocenters. The van der Waals surface area contributed by atoms with Gasteiger partial charge in [-0.05, 0) is 58.6 Å². The second kappa shape index (κ2) is 7.94. The van der Waals surface area contributed by atoms with E-state index in [1.54, 1.807) is 13.8 Å². The zero-order valence-corrected chi connectivity index (χ0v) is 16.8. The summed E-state index contributed by atoms with van der Waals surface area (Å²) in [6, 6.07) is 9.56. The van der Waals surface area contributed by atoms with Crippen LogP contribution in [0, 0.1) is 12.8 Å². The average Bonchev–Trinajstić information content (AvgIpc) is 2.61. The van der Waals surface area contributed by atoms with Crippen molar-refractivity contribution in [2.75, 3.05) is 5.32 Å². The summed E-state index contributed by atoms with van der Waals surface area (Å²) in [5.74, 6) is -0.104. The van der Waals surface area contributed by atoms with E-state index in [-0.39, 0.29) is 17.9 Å². The molecule has 1 aromatic carbocycles. The SMILES string of the molecule is Cc1cc(NC(=O)C2CCC(NS(=O)(=O)C(C)C)CC2)c2ccccc2n1. The molecular weight excluding hydrogens is 362 g/mol. The lowest BCUT2D eigenvalue weighted by Gasteiger charge is -2.29. The molecule has 1 aliphatic rings. The number of pyridine rings is 1. The van der Waals surface area contributed by atoms with Crippen LogP contribution >= 0.6 is 0 Å². The quantitative estimate of drug-likeness (QED) is 0.821. The van der Waals surface area contributed by atoms with Crippen molar-refractivity contribution in [3.05, 3.63) is 36.0 Å². The molecule has 1 saturated carbocycles. The summed E-state index contributed by atoms with van der Waals surface area (Å²) in [6.45, 7) is 5.25. The van der Waals surface area contributed by atoms with Gasteiger partial charge in [-0.25, -0.2) is 13.1 Å². The number of carbonyl (C=O) groups excluding carboxylic acids is 1. The number of rotatable bonds is 5. The Hall–Kier alpha value is -1.99. The third-order valence-electron chi connectivity index (χ3n) is 5.15. The van der Waals surface area contributed by atoms with Crippen LogP contribution in [-0.2, 0) is 14.8 Å². The second-order valence-corrected chi connectivity index (χ2v) is 9.85. The third kappa shape index (κ3) is 4.65. The van der Waals surface area contributed by atoms with Gasteiger partial charge in [0.2, 0.25) is 15.9 Å². The van der Waals surface area contributed by atoms with Gasteiger partial charge in [0, 0.05) is 23.0 Å². The molecule has 3 rings (SSSR count). The number of para-hydroxylation sites is 1. The summed E-state index contributed by atoms with van der Waals surface area (Å²) < 4.78 is 26.8. The maximum atomic E-state index is 12.8. The molecule has 1 aromatic heterocycles. The van der Waals surface area contributed by atoms with Crippen molar-refractivity contribution < 1.29 is 13.2 Å². The van der Waals surface area contributed by atoms with Gasteiger partial charge in [-0.3, -0.25) is 9.78 Å². The number of amides is 1. The molecule has 1 fully saturated rings. The van der Waals surface area contributed by atoms with Crippen molar-refractivity contribution in [3.8, 4) is 0 Å². The van der Waals surface area contributed by atoms with Crippen LogP contribution in [0.4, 0.5) is 5.69 Å². The Morgan fingerprint density at radius 3 is 2.48 bits per heavy atom. The van der Waals surface area contributed by atoms with Crippen LogP contribution in [0.25, 0.3) is 10.9 Å². The highest BCUT2D eigenvalue weighted by atomic mass is 32.2. The van der Waals surface area contributed by atoms with Gasteiger partial charge in [0.05, 0.1) is 16.5 Å². The minimum Gasteiger partial charge on any atom is -0.325 e. The molecule has 146 valence electrons. The highest BCUT2D eigenvalue weighted by Gasteiger charge is 2.29.